The van der Waals surface area contributed by atoms with Gasteiger partial charge in [0.25, 0.3) is 5.91 Å². The molecule has 0 bridgehead atoms. The van der Waals surface area contributed by atoms with Crippen LogP contribution in [-0.4, -0.2) is 24.4 Å². The van der Waals surface area contributed by atoms with Crippen LogP contribution in [0.25, 0.3) is 10.8 Å². The second-order valence-electron chi connectivity index (χ2n) is 6.64. The van der Waals surface area contributed by atoms with E-state index in [4.69, 9.17) is 16.3 Å². The monoisotopic (exact) mass is 424 g/mol. The summed E-state index contributed by atoms with van der Waals surface area (Å²) >= 11 is 5.80. The summed E-state index contributed by atoms with van der Waals surface area (Å²) in [6, 6.07) is 20.0. The van der Waals surface area contributed by atoms with E-state index >= 15 is 0 Å². The Kier molecular flexibility index (Phi) is 7.40. The van der Waals surface area contributed by atoms with Crippen molar-refractivity contribution in [3.63, 3.8) is 0 Å². The molecule has 0 aliphatic carbocycles. The maximum Gasteiger partial charge on any atom is 0.306 e. The van der Waals surface area contributed by atoms with Crippen molar-refractivity contribution in [3.8, 4) is 0 Å². The van der Waals surface area contributed by atoms with Gasteiger partial charge in [0.1, 0.15) is 0 Å². The number of anilines is 2. The predicted molar refractivity (Wildman–Crippen MR) is 117 cm³/mol. The highest BCUT2D eigenvalue weighted by Crippen LogP contribution is 2.22. The van der Waals surface area contributed by atoms with E-state index in [0.717, 1.165) is 10.8 Å². The topological polar surface area (TPSA) is 84.5 Å². The average Bonchev–Trinajstić information content (AvgIpc) is 2.74. The molecule has 0 atom stereocenters. The van der Waals surface area contributed by atoms with Gasteiger partial charge in [0.05, 0.1) is 0 Å². The number of amides is 2. The number of hydrogen-bond donors (Lipinski definition) is 2. The molecule has 30 heavy (non-hydrogen) atoms. The molecule has 0 saturated carbocycles. The van der Waals surface area contributed by atoms with Gasteiger partial charge in [-0.1, -0.05) is 48.0 Å². The predicted octanol–water partition coefficient (Wildman–Crippen LogP) is 4.78. The molecule has 3 rings (SSSR count). The van der Waals surface area contributed by atoms with Gasteiger partial charge in [-0.2, -0.15) is 0 Å². The van der Waals surface area contributed by atoms with E-state index in [2.05, 4.69) is 10.6 Å². The Morgan fingerprint density at radius 3 is 2.33 bits per heavy atom. The van der Waals surface area contributed by atoms with Gasteiger partial charge in [-0.3, -0.25) is 14.4 Å². The third kappa shape index (κ3) is 6.32. The Hall–Kier alpha value is -3.38. The highest BCUT2D eigenvalue weighted by Gasteiger charge is 2.11. The fourth-order valence-electron chi connectivity index (χ4n) is 2.89. The first kappa shape index (κ1) is 21.3. The number of hydrogen-bond acceptors (Lipinski definition) is 4. The first-order valence-corrected chi connectivity index (χ1v) is 9.88. The van der Waals surface area contributed by atoms with Gasteiger partial charge >= 0.3 is 5.97 Å². The molecule has 0 unspecified atom stereocenters. The van der Waals surface area contributed by atoms with Crippen LogP contribution < -0.4 is 10.6 Å². The van der Waals surface area contributed by atoms with Crippen molar-refractivity contribution in [1.82, 2.24) is 0 Å². The summed E-state index contributed by atoms with van der Waals surface area (Å²) in [5.41, 5.74) is 1.30. The second-order valence-corrected chi connectivity index (χ2v) is 7.08. The number of benzene rings is 3. The third-order valence-corrected chi connectivity index (χ3v) is 4.59. The molecule has 3 aromatic carbocycles. The molecule has 0 aliphatic heterocycles. The molecule has 7 heteroatoms. The van der Waals surface area contributed by atoms with Crippen LogP contribution in [0.1, 0.15) is 19.3 Å². The minimum atomic E-state index is -0.526. The summed E-state index contributed by atoms with van der Waals surface area (Å²) in [5.74, 6) is -1.15. The molecular formula is C23H21ClN2O4. The molecule has 2 amide bonds. The minimum Gasteiger partial charge on any atom is -0.456 e. The molecule has 0 aromatic heterocycles. The van der Waals surface area contributed by atoms with Gasteiger partial charge in [0.15, 0.2) is 6.61 Å². The van der Waals surface area contributed by atoms with Crippen LogP contribution in [0.2, 0.25) is 5.02 Å². The van der Waals surface area contributed by atoms with E-state index in [9.17, 15) is 14.4 Å². The number of rotatable bonds is 8. The van der Waals surface area contributed by atoms with Crippen LogP contribution in [0.15, 0.2) is 66.7 Å². The zero-order valence-corrected chi connectivity index (χ0v) is 16.9. The molecular weight excluding hydrogens is 404 g/mol. The van der Waals surface area contributed by atoms with Gasteiger partial charge < -0.3 is 15.4 Å². The third-order valence-electron chi connectivity index (χ3n) is 4.34. The molecule has 0 heterocycles. The molecule has 0 radical (unpaired) electrons. The average molecular weight is 425 g/mol. The van der Waals surface area contributed by atoms with Crippen molar-refractivity contribution in [1.29, 1.82) is 0 Å². The number of carbonyl (C=O) groups is 3. The van der Waals surface area contributed by atoms with Crippen LogP contribution in [0.3, 0.4) is 0 Å². The Balaban J connectivity index is 1.37. The maximum absolute atomic E-state index is 12.1. The zero-order chi connectivity index (χ0) is 21.3. The lowest BCUT2D eigenvalue weighted by Gasteiger charge is -2.09. The fourth-order valence-corrected chi connectivity index (χ4v) is 3.01. The number of ether oxygens (including phenoxy) is 1. The van der Waals surface area contributed by atoms with Gasteiger partial charge in [-0.05, 0) is 42.1 Å². The molecule has 0 fully saturated rings. The van der Waals surface area contributed by atoms with E-state index in [-0.39, 0.29) is 25.4 Å². The number of esters is 1. The molecule has 0 saturated heterocycles. The SMILES string of the molecule is O=C(CCCC(=O)OCC(=O)Nc1cccc2ccccc12)Nc1ccc(Cl)cc1. The molecule has 6 nitrogen and oxygen atoms in total. The summed E-state index contributed by atoms with van der Waals surface area (Å²) in [6.45, 7) is -0.376. The Morgan fingerprint density at radius 2 is 1.53 bits per heavy atom. The van der Waals surface area contributed by atoms with E-state index in [1.807, 2.05) is 36.4 Å². The van der Waals surface area contributed by atoms with Gasteiger partial charge in [-0.25, -0.2) is 0 Å². The smallest absolute Gasteiger partial charge is 0.306 e. The Labute approximate surface area is 179 Å². The van der Waals surface area contributed by atoms with Crippen LogP contribution in [-0.2, 0) is 19.1 Å². The lowest BCUT2D eigenvalue weighted by atomic mass is 10.1. The highest BCUT2D eigenvalue weighted by molar-refractivity contribution is 6.30. The number of halogens is 1. The standard InChI is InChI=1S/C23H21ClN2O4/c24-17-11-13-18(14-12-17)25-21(27)9-4-10-23(29)30-15-22(28)26-20-8-3-6-16-5-1-2-7-19(16)20/h1-3,5-8,11-14H,4,9-10,15H2,(H,25,27)(H,26,28). The maximum atomic E-state index is 12.1. The minimum absolute atomic E-state index is 0.0512. The quantitative estimate of drug-likeness (QED) is 0.509. The molecule has 154 valence electrons. The summed E-state index contributed by atoms with van der Waals surface area (Å²) in [5, 5.41) is 7.97. The van der Waals surface area contributed by atoms with Gasteiger partial charge in [-0.15, -0.1) is 0 Å². The number of carbonyl (C=O) groups excluding carboxylic acids is 3. The van der Waals surface area contributed by atoms with Crippen molar-refractivity contribution >= 4 is 51.5 Å². The summed E-state index contributed by atoms with van der Waals surface area (Å²) < 4.78 is 5.00. The summed E-state index contributed by atoms with van der Waals surface area (Å²) in [4.78, 5) is 35.8. The molecule has 0 spiro atoms. The Morgan fingerprint density at radius 1 is 0.800 bits per heavy atom. The second kappa shape index (κ2) is 10.4. The first-order chi connectivity index (χ1) is 14.5. The van der Waals surface area contributed by atoms with E-state index < -0.39 is 11.9 Å². The fraction of sp³-hybridized carbons (Fsp3) is 0.174. The van der Waals surface area contributed by atoms with Crippen LogP contribution in [0, 0.1) is 0 Å². The molecule has 0 aliphatic rings. The van der Waals surface area contributed by atoms with Crippen molar-refractivity contribution < 1.29 is 19.1 Å². The molecule has 3 aromatic rings. The molecule has 2 N–H and O–H groups in total. The number of nitrogens with one attached hydrogen (secondary N) is 2. The van der Waals surface area contributed by atoms with Crippen LogP contribution >= 0.6 is 11.6 Å². The van der Waals surface area contributed by atoms with Crippen LogP contribution in [0.5, 0.6) is 0 Å². The van der Waals surface area contributed by atoms with Crippen molar-refractivity contribution in [2.75, 3.05) is 17.2 Å². The van der Waals surface area contributed by atoms with Crippen molar-refractivity contribution in [2.24, 2.45) is 0 Å². The summed E-state index contributed by atoms with van der Waals surface area (Å²) in [7, 11) is 0. The lowest BCUT2D eigenvalue weighted by Crippen LogP contribution is -2.21. The highest BCUT2D eigenvalue weighted by atomic mass is 35.5. The van der Waals surface area contributed by atoms with E-state index in [0.29, 0.717) is 22.8 Å². The van der Waals surface area contributed by atoms with Gasteiger partial charge in [0, 0.05) is 34.6 Å². The van der Waals surface area contributed by atoms with Crippen molar-refractivity contribution in [3.05, 3.63) is 71.8 Å². The number of fused-ring (bicyclic) bond motifs is 1. The summed E-state index contributed by atoms with van der Waals surface area (Å²) in [6.07, 6.45) is 0.540. The van der Waals surface area contributed by atoms with E-state index in [1.165, 1.54) is 0 Å². The van der Waals surface area contributed by atoms with Gasteiger partial charge in [0.2, 0.25) is 5.91 Å². The zero-order valence-electron chi connectivity index (χ0n) is 16.2. The van der Waals surface area contributed by atoms with E-state index in [1.54, 1.807) is 30.3 Å². The Bertz CT molecular complexity index is 1050. The first-order valence-electron chi connectivity index (χ1n) is 9.50. The normalized spacial score (nSPS) is 10.4. The lowest BCUT2D eigenvalue weighted by molar-refractivity contribution is -0.147. The van der Waals surface area contributed by atoms with Crippen LogP contribution in [0.4, 0.5) is 11.4 Å². The van der Waals surface area contributed by atoms with Crippen molar-refractivity contribution in [2.45, 2.75) is 19.3 Å². The largest absolute Gasteiger partial charge is 0.456 e.